The maximum Gasteiger partial charge on any atom is 0.245 e. The van der Waals surface area contributed by atoms with E-state index in [9.17, 15) is 28.2 Å². The highest BCUT2D eigenvalue weighted by molar-refractivity contribution is 7.89. The van der Waals surface area contributed by atoms with Crippen LogP contribution < -0.4 is 5.14 Å². The van der Waals surface area contributed by atoms with Gasteiger partial charge in [-0.2, -0.15) is 0 Å². The first-order valence-electron chi connectivity index (χ1n) is 6.03. The Balaban J connectivity index is 2.42. The van der Waals surface area contributed by atoms with Gasteiger partial charge in [0.1, 0.15) is 5.75 Å². The molecule has 3 rings (SSSR count). The second-order valence-corrected chi connectivity index (χ2v) is 6.24. The van der Waals surface area contributed by atoms with E-state index in [1.54, 1.807) is 6.07 Å². The summed E-state index contributed by atoms with van der Waals surface area (Å²) in [5.41, 5.74) is -0.597. The maximum absolute atomic E-state index is 12.4. The van der Waals surface area contributed by atoms with Crippen LogP contribution in [-0.4, -0.2) is 30.2 Å². The Morgan fingerprint density at radius 2 is 1.45 bits per heavy atom. The summed E-state index contributed by atoms with van der Waals surface area (Å²) in [6.45, 7) is 0. The average Bonchev–Trinajstić information content (AvgIpc) is 2.42. The second-order valence-electron chi connectivity index (χ2n) is 4.74. The Kier molecular flexibility index (Phi) is 2.84. The van der Waals surface area contributed by atoms with Gasteiger partial charge in [0.05, 0.1) is 5.56 Å². The van der Waals surface area contributed by atoms with Crippen molar-refractivity contribution in [1.82, 2.24) is 0 Å². The Morgan fingerprint density at radius 3 is 2.00 bits per heavy atom. The Hall–Kier alpha value is -2.71. The molecule has 0 spiro atoms. The Bertz CT molecular complexity index is 962. The van der Waals surface area contributed by atoms with Crippen LogP contribution in [0, 0.1) is 0 Å². The molecule has 0 fully saturated rings. The number of rotatable bonds is 1. The van der Waals surface area contributed by atoms with Crippen molar-refractivity contribution in [2.75, 3.05) is 0 Å². The van der Waals surface area contributed by atoms with Crippen LogP contribution in [-0.2, 0) is 10.0 Å². The van der Waals surface area contributed by atoms with E-state index in [-0.39, 0.29) is 16.7 Å². The van der Waals surface area contributed by atoms with Crippen LogP contribution in [0.25, 0.3) is 0 Å². The molecule has 0 amide bonds. The number of sulfonamides is 1. The Labute approximate surface area is 124 Å². The van der Waals surface area contributed by atoms with Crippen molar-refractivity contribution in [2.45, 2.75) is 4.90 Å². The number of fused-ring (bicyclic) bond motifs is 2. The number of carbonyl (C=O) groups excluding carboxylic acids is 2. The summed E-state index contributed by atoms with van der Waals surface area (Å²) >= 11 is 0. The highest BCUT2D eigenvalue weighted by Crippen LogP contribution is 2.41. The molecule has 0 aliphatic heterocycles. The minimum Gasteiger partial charge on any atom is -0.506 e. The highest BCUT2D eigenvalue weighted by atomic mass is 32.2. The van der Waals surface area contributed by atoms with Gasteiger partial charge < -0.3 is 10.2 Å². The summed E-state index contributed by atoms with van der Waals surface area (Å²) in [5.74, 6) is -3.23. The molecule has 0 heterocycles. The minimum atomic E-state index is -4.48. The summed E-state index contributed by atoms with van der Waals surface area (Å²) in [6.07, 6.45) is 0. The molecule has 0 unspecified atom stereocenters. The van der Waals surface area contributed by atoms with Crippen molar-refractivity contribution >= 4 is 21.6 Å². The van der Waals surface area contributed by atoms with Crippen molar-refractivity contribution < 1.29 is 28.2 Å². The predicted molar refractivity (Wildman–Crippen MR) is 74.5 cm³/mol. The van der Waals surface area contributed by atoms with Crippen LogP contribution in [0.3, 0.4) is 0 Å². The van der Waals surface area contributed by atoms with Gasteiger partial charge in [0.25, 0.3) is 0 Å². The molecule has 22 heavy (non-hydrogen) atoms. The molecule has 0 saturated carbocycles. The van der Waals surface area contributed by atoms with Crippen LogP contribution >= 0.6 is 0 Å². The van der Waals surface area contributed by atoms with Gasteiger partial charge in [-0.1, -0.05) is 24.3 Å². The third-order valence-corrected chi connectivity index (χ3v) is 4.38. The van der Waals surface area contributed by atoms with E-state index < -0.39 is 43.5 Å². The lowest BCUT2D eigenvalue weighted by Crippen LogP contribution is -2.23. The molecule has 8 heteroatoms. The van der Waals surface area contributed by atoms with E-state index in [1.165, 1.54) is 18.2 Å². The molecule has 7 nitrogen and oxygen atoms in total. The van der Waals surface area contributed by atoms with Crippen molar-refractivity contribution in [3.05, 3.63) is 52.6 Å². The molecule has 1 aliphatic rings. The number of phenols is 2. The quantitative estimate of drug-likeness (QED) is 0.598. The standard InChI is InChI=1S/C14H9NO6S/c15-22(20,21)14-9(16)5-8-10(13(14)19)12(18)7-4-2-1-3-6(7)11(8)17/h1-5,16,19H,(H2,15,20,21). The number of benzene rings is 2. The number of hydrogen-bond donors (Lipinski definition) is 3. The molecule has 2 aromatic carbocycles. The first-order valence-corrected chi connectivity index (χ1v) is 7.58. The fourth-order valence-corrected chi connectivity index (χ4v) is 3.21. The predicted octanol–water partition coefficient (Wildman–Crippen LogP) is 0.521. The number of hydrogen-bond acceptors (Lipinski definition) is 6. The van der Waals surface area contributed by atoms with E-state index >= 15 is 0 Å². The second kappa shape index (κ2) is 4.39. The fraction of sp³-hybridized carbons (Fsp3) is 0. The molecule has 0 saturated heterocycles. The lowest BCUT2D eigenvalue weighted by atomic mass is 9.83. The number of phenolic OH excluding ortho intramolecular Hbond substituents is 2. The monoisotopic (exact) mass is 319 g/mol. The summed E-state index contributed by atoms with van der Waals surface area (Å²) in [4.78, 5) is 23.8. The third-order valence-electron chi connectivity index (χ3n) is 3.41. The van der Waals surface area contributed by atoms with E-state index in [0.717, 1.165) is 6.07 Å². The van der Waals surface area contributed by atoms with Crippen molar-refractivity contribution in [2.24, 2.45) is 5.14 Å². The zero-order valence-electron chi connectivity index (χ0n) is 10.9. The lowest BCUT2D eigenvalue weighted by molar-refractivity contribution is 0.0975. The molecular weight excluding hydrogens is 310 g/mol. The van der Waals surface area contributed by atoms with Gasteiger partial charge in [0, 0.05) is 16.7 Å². The first kappa shape index (κ1) is 14.2. The van der Waals surface area contributed by atoms with Gasteiger partial charge >= 0.3 is 0 Å². The summed E-state index contributed by atoms with van der Waals surface area (Å²) in [6, 6.07) is 6.74. The number of primary sulfonamides is 1. The van der Waals surface area contributed by atoms with Gasteiger partial charge in [-0.3, -0.25) is 9.59 Å². The summed E-state index contributed by atoms with van der Waals surface area (Å²) in [7, 11) is -4.48. The topological polar surface area (TPSA) is 135 Å². The largest absolute Gasteiger partial charge is 0.506 e. The molecule has 0 radical (unpaired) electrons. The Morgan fingerprint density at radius 1 is 0.909 bits per heavy atom. The smallest absolute Gasteiger partial charge is 0.245 e. The van der Waals surface area contributed by atoms with Gasteiger partial charge in [-0.05, 0) is 6.07 Å². The zero-order valence-corrected chi connectivity index (χ0v) is 11.7. The number of aromatic hydroxyl groups is 2. The fourth-order valence-electron chi connectivity index (χ4n) is 2.49. The molecule has 4 N–H and O–H groups in total. The SMILES string of the molecule is NS(=O)(=O)c1c(O)cc2c(c1O)C(=O)c1ccccc1C2=O. The number of carbonyl (C=O) groups is 2. The first-order chi connectivity index (χ1) is 10.2. The van der Waals surface area contributed by atoms with Gasteiger partial charge in [0.15, 0.2) is 22.2 Å². The number of ketones is 2. The summed E-state index contributed by atoms with van der Waals surface area (Å²) in [5, 5.41) is 24.7. The molecule has 0 bridgehead atoms. The van der Waals surface area contributed by atoms with Crippen molar-refractivity contribution in [1.29, 1.82) is 0 Å². The number of nitrogens with two attached hydrogens (primary N) is 1. The van der Waals surface area contributed by atoms with E-state index in [0.29, 0.717) is 0 Å². The molecule has 1 aliphatic carbocycles. The maximum atomic E-state index is 12.4. The van der Waals surface area contributed by atoms with Crippen LogP contribution in [0.2, 0.25) is 0 Å². The van der Waals surface area contributed by atoms with Crippen LogP contribution in [0.15, 0.2) is 35.2 Å². The minimum absolute atomic E-state index is 0.0429. The van der Waals surface area contributed by atoms with E-state index in [4.69, 9.17) is 5.14 Å². The van der Waals surface area contributed by atoms with Crippen molar-refractivity contribution in [3.63, 3.8) is 0 Å². The molecule has 0 atom stereocenters. The average molecular weight is 319 g/mol. The lowest BCUT2D eigenvalue weighted by Gasteiger charge is -2.20. The van der Waals surface area contributed by atoms with E-state index in [2.05, 4.69) is 0 Å². The highest BCUT2D eigenvalue weighted by Gasteiger charge is 2.36. The van der Waals surface area contributed by atoms with Crippen LogP contribution in [0.1, 0.15) is 31.8 Å². The van der Waals surface area contributed by atoms with Crippen LogP contribution in [0.4, 0.5) is 0 Å². The molecular formula is C14H9NO6S. The molecule has 0 aromatic heterocycles. The molecule has 112 valence electrons. The normalized spacial score (nSPS) is 13.7. The third kappa shape index (κ3) is 1.81. The van der Waals surface area contributed by atoms with Gasteiger partial charge in [0.2, 0.25) is 10.0 Å². The molecule has 2 aromatic rings. The van der Waals surface area contributed by atoms with Gasteiger partial charge in [-0.25, -0.2) is 13.6 Å². The van der Waals surface area contributed by atoms with Crippen molar-refractivity contribution in [3.8, 4) is 11.5 Å². The summed E-state index contributed by atoms with van der Waals surface area (Å²) < 4.78 is 22.9. The van der Waals surface area contributed by atoms with Crippen LogP contribution in [0.5, 0.6) is 11.5 Å². The zero-order chi connectivity index (χ0) is 16.2. The van der Waals surface area contributed by atoms with Gasteiger partial charge in [-0.15, -0.1) is 0 Å². The van der Waals surface area contributed by atoms with E-state index in [1.807, 2.05) is 0 Å².